The molecule has 0 rings (SSSR count). The fourth-order valence-electron chi connectivity index (χ4n) is 11.9. The number of hydrogen-bond donors (Lipinski definition) is 2. The minimum atomic E-state index is -4.40. The van der Waals surface area contributed by atoms with Gasteiger partial charge in [-0.25, -0.2) is 4.57 Å². The second-order valence-electron chi connectivity index (χ2n) is 26.9. The molecule has 0 spiro atoms. The van der Waals surface area contributed by atoms with Crippen molar-refractivity contribution in [3.8, 4) is 0 Å². The number of phosphoric ester groups is 1. The standard InChI is InChI=1S/C83H152NO8P/c1-3-5-7-9-11-13-15-17-19-21-23-25-27-29-31-33-35-36-37-38-39-40-41-42-43-44-46-48-50-52-54-56-58-60-62-64-66-68-70-72-74-76-83(86)92-81(80-91-93(87,88)90-78-77-84)79-89-82(85)75-73-71-69-67-65-63-61-59-57-55-53-51-49-47-45-34-32-30-28-26-24-22-20-18-16-14-12-10-8-6-4-2/h5,7,11,13,16-19,22-25,28,30,81H,3-4,6,8-10,12,14-15,20-21,26-27,29,31-80,84H2,1-2H3,(H,87,88)/b7-5-,13-11-,18-16-,19-17-,24-22-,25-23-,30-28-. The maximum atomic E-state index is 12.8. The summed E-state index contributed by atoms with van der Waals surface area (Å²) in [6.45, 7) is 3.68. The Morgan fingerprint density at radius 1 is 0.333 bits per heavy atom. The second-order valence-corrected chi connectivity index (χ2v) is 28.4. The zero-order chi connectivity index (χ0) is 67.2. The van der Waals surface area contributed by atoms with Crippen LogP contribution in [0, 0.1) is 0 Å². The number of allylic oxidation sites excluding steroid dienone is 14. The fourth-order valence-corrected chi connectivity index (χ4v) is 12.6. The van der Waals surface area contributed by atoms with E-state index in [1.807, 2.05) is 0 Å². The second kappa shape index (κ2) is 78.2. The van der Waals surface area contributed by atoms with Crippen LogP contribution in [0.2, 0.25) is 0 Å². The van der Waals surface area contributed by atoms with E-state index in [0.29, 0.717) is 6.42 Å². The topological polar surface area (TPSA) is 134 Å². The predicted octanol–water partition coefficient (Wildman–Crippen LogP) is 26.9. The van der Waals surface area contributed by atoms with Crippen LogP contribution in [0.4, 0.5) is 0 Å². The van der Waals surface area contributed by atoms with Crippen molar-refractivity contribution in [1.82, 2.24) is 0 Å². The van der Waals surface area contributed by atoms with Crippen molar-refractivity contribution < 1.29 is 37.6 Å². The van der Waals surface area contributed by atoms with Gasteiger partial charge in [0, 0.05) is 19.4 Å². The summed E-state index contributed by atoms with van der Waals surface area (Å²) < 4.78 is 33.3. The molecule has 0 aromatic carbocycles. The summed E-state index contributed by atoms with van der Waals surface area (Å²) in [6.07, 6.45) is 106. The first kappa shape index (κ1) is 90.2. The molecule has 0 saturated heterocycles. The molecular weight excluding hydrogens is 1170 g/mol. The van der Waals surface area contributed by atoms with Gasteiger partial charge in [0.1, 0.15) is 6.61 Å². The highest BCUT2D eigenvalue weighted by atomic mass is 31.2. The van der Waals surface area contributed by atoms with Gasteiger partial charge < -0.3 is 20.1 Å². The lowest BCUT2D eigenvalue weighted by Gasteiger charge is -2.19. The van der Waals surface area contributed by atoms with Gasteiger partial charge in [-0.05, 0) is 89.9 Å². The number of hydrogen-bond acceptors (Lipinski definition) is 8. The monoisotopic (exact) mass is 1320 g/mol. The minimum absolute atomic E-state index is 0.0541. The van der Waals surface area contributed by atoms with Crippen molar-refractivity contribution in [2.45, 2.75) is 405 Å². The average Bonchev–Trinajstić information content (AvgIpc) is 3.49. The molecule has 3 N–H and O–H groups in total. The highest BCUT2D eigenvalue weighted by Gasteiger charge is 2.26. The Kier molecular flexibility index (Phi) is 75.8. The highest BCUT2D eigenvalue weighted by molar-refractivity contribution is 7.47. The number of rotatable bonds is 76. The Bertz CT molecular complexity index is 1810. The molecule has 0 aliphatic rings. The van der Waals surface area contributed by atoms with Crippen molar-refractivity contribution in [1.29, 1.82) is 0 Å². The molecule has 0 amide bonds. The van der Waals surface area contributed by atoms with Crippen LogP contribution >= 0.6 is 7.82 Å². The van der Waals surface area contributed by atoms with Crippen LogP contribution in [0.5, 0.6) is 0 Å². The summed E-state index contributed by atoms with van der Waals surface area (Å²) in [5.41, 5.74) is 5.42. The number of ether oxygens (including phenoxy) is 2. The number of carbonyl (C=O) groups is 2. The third-order valence-corrected chi connectivity index (χ3v) is 18.7. The molecule has 542 valence electrons. The van der Waals surface area contributed by atoms with E-state index in [1.165, 1.54) is 295 Å². The molecule has 0 saturated carbocycles. The Labute approximate surface area is 576 Å². The van der Waals surface area contributed by atoms with Gasteiger partial charge in [-0.1, -0.05) is 381 Å². The van der Waals surface area contributed by atoms with Crippen LogP contribution < -0.4 is 5.73 Å². The maximum Gasteiger partial charge on any atom is 0.472 e. The van der Waals surface area contributed by atoms with Crippen LogP contribution in [0.1, 0.15) is 399 Å². The molecule has 0 aliphatic heterocycles. The molecule has 9 nitrogen and oxygen atoms in total. The molecule has 0 aromatic heterocycles. The first-order valence-electron chi connectivity index (χ1n) is 40.1. The normalized spacial score (nSPS) is 13.3. The Balaban J connectivity index is 3.76. The van der Waals surface area contributed by atoms with Gasteiger partial charge in [0.25, 0.3) is 0 Å². The molecule has 0 fully saturated rings. The van der Waals surface area contributed by atoms with Crippen molar-refractivity contribution in [2.75, 3.05) is 26.4 Å². The first-order chi connectivity index (χ1) is 45.8. The summed E-state index contributed by atoms with van der Waals surface area (Å²) in [5, 5.41) is 0. The van der Waals surface area contributed by atoms with E-state index >= 15 is 0 Å². The van der Waals surface area contributed by atoms with Crippen molar-refractivity contribution in [3.05, 3.63) is 85.1 Å². The fraction of sp³-hybridized carbons (Fsp3) is 0.807. The van der Waals surface area contributed by atoms with E-state index in [9.17, 15) is 19.0 Å². The van der Waals surface area contributed by atoms with Gasteiger partial charge in [-0.15, -0.1) is 0 Å². The third kappa shape index (κ3) is 78.1. The summed E-state index contributed by atoms with van der Waals surface area (Å²) in [6, 6.07) is 0. The Morgan fingerprint density at radius 3 is 0.882 bits per heavy atom. The van der Waals surface area contributed by atoms with Crippen molar-refractivity contribution in [3.63, 3.8) is 0 Å². The summed E-state index contributed by atoms with van der Waals surface area (Å²) >= 11 is 0. The smallest absolute Gasteiger partial charge is 0.462 e. The minimum Gasteiger partial charge on any atom is -0.462 e. The number of esters is 2. The summed E-state index contributed by atoms with van der Waals surface area (Å²) in [4.78, 5) is 35.5. The van der Waals surface area contributed by atoms with Crippen LogP contribution in [-0.2, 0) is 32.7 Å². The molecule has 0 heterocycles. The molecule has 0 bridgehead atoms. The quantitative estimate of drug-likeness (QED) is 0.0264. The van der Waals surface area contributed by atoms with Crippen LogP contribution in [0.3, 0.4) is 0 Å². The molecule has 0 aliphatic carbocycles. The molecule has 2 atom stereocenters. The van der Waals surface area contributed by atoms with E-state index in [0.717, 1.165) is 70.6 Å². The number of nitrogens with two attached hydrogens (primary N) is 1. The molecule has 10 heteroatoms. The SMILES string of the molecule is CC/C=C\C/C=C\C/C=C\C/C=C\CCCCCCCCCCCCCCCCCCCCCCCCCCCCCCC(=O)OC(COC(=O)CCCCCCCCCCCCCCCCCC/C=C\C/C=C\C/C=C\CCCCCCC)COP(=O)(O)OCCN. The van der Waals surface area contributed by atoms with Crippen LogP contribution in [-0.4, -0.2) is 49.3 Å². The van der Waals surface area contributed by atoms with Gasteiger partial charge in [-0.3, -0.25) is 18.6 Å². The largest absolute Gasteiger partial charge is 0.472 e. The van der Waals surface area contributed by atoms with E-state index in [2.05, 4.69) is 98.9 Å². The van der Waals surface area contributed by atoms with Gasteiger partial charge >= 0.3 is 19.8 Å². The molecule has 0 aromatic rings. The van der Waals surface area contributed by atoms with Gasteiger partial charge in [0.2, 0.25) is 0 Å². The lowest BCUT2D eigenvalue weighted by molar-refractivity contribution is -0.161. The van der Waals surface area contributed by atoms with E-state index in [1.54, 1.807) is 0 Å². The van der Waals surface area contributed by atoms with E-state index in [4.69, 9.17) is 24.3 Å². The average molecular weight is 1320 g/mol. The number of unbranched alkanes of at least 4 members (excludes halogenated alkanes) is 49. The third-order valence-electron chi connectivity index (χ3n) is 17.8. The zero-order valence-corrected chi connectivity index (χ0v) is 62.1. The predicted molar refractivity (Wildman–Crippen MR) is 404 cm³/mol. The molecule has 2 unspecified atom stereocenters. The van der Waals surface area contributed by atoms with E-state index in [-0.39, 0.29) is 38.6 Å². The molecule has 0 radical (unpaired) electrons. The lowest BCUT2D eigenvalue weighted by Crippen LogP contribution is -2.29. The number of phosphoric acid groups is 1. The Morgan fingerprint density at radius 2 is 0.591 bits per heavy atom. The highest BCUT2D eigenvalue weighted by Crippen LogP contribution is 2.43. The molecular formula is C83H152NO8P. The van der Waals surface area contributed by atoms with Crippen molar-refractivity contribution >= 4 is 19.8 Å². The Hall–Kier alpha value is -2.81. The van der Waals surface area contributed by atoms with Crippen LogP contribution in [0.15, 0.2) is 85.1 Å². The van der Waals surface area contributed by atoms with Gasteiger partial charge in [0.05, 0.1) is 13.2 Å². The lowest BCUT2D eigenvalue weighted by atomic mass is 10.0. The summed E-state index contributed by atoms with van der Waals surface area (Å²) in [5.74, 6) is -0.808. The maximum absolute atomic E-state index is 12.8. The molecule has 93 heavy (non-hydrogen) atoms. The van der Waals surface area contributed by atoms with Gasteiger partial charge in [0.15, 0.2) is 6.10 Å². The van der Waals surface area contributed by atoms with E-state index < -0.39 is 26.5 Å². The summed E-state index contributed by atoms with van der Waals surface area (Å²) in [7, 11) is -4.40. The number of carbonyl (C=O) groups excluding carboxylic acids is 2. The van der Waals surface area contributed by atoms with Crippen molar-refractivity contribution in [2.24, 2.45) is 5.73 Å². The first-order valence-corrected chi connectivity index (χ1v) is 41.6. The van der Waals surface area contributed by atoms with Crippen LogP contribution in [0.25, 0.3) is 0 Å². The zero-order valence-electron chi connectivity index (χ0n) is 61.2. The van der Waals surface area contributed by atoms with Gasteiger partial charge in [-0.2, -0.15) is 0 Å².